The Hall–Kier alpha value is -2.87. The Morgan fingerprint density at radius 3 is 2.81 bits per heavy atom. The van der Waals surface area contributed by atoms with Gasteiger partial charge >= 0.3 is 5.97 Å². The monoisotopic (exact) mass is 358 g/mol. The Labute approximate surface area is 151 Å². The molecule has 1 saturated heterocycles. The van der Waals surface area contributed by atoms with E-state index in [1.165, 1.54) is 10.9 Å². The molecule has 0 saturated carbocycles. The maximum absolute atomic E-state index is 12.2. The number of nitrogens with one attached hydrogen (secondary N) is 1. The number of esters is 1. The minimum atomic E-state index is -0.513. The second-order valence-corrected chi connectivity index (χ2v) is 5.97. The van der Waals surface area contributed by atoms with Gasteiger partial charge in [0.25, 0.3) is 5.91 Å². The lowest BCUT2D eigenvalue weighted by molar-refractivity contribution is 0.0527. The van der Waals surface area contributed by atoms with Crippen LogP contribution < -0.4 is 11.1 Å². The second kappa shape index (κ2) is 8.01. The van der Waals surface area contributed by atoms with Crippen LogP contribution >= 0.6 is 0 Å². The summed E-state index contributed by atoms with van der Waals surface area (Å²) in [6.07, 6.45) is 3.48. The van der Waals surface area contributed by atoms with Crippen LogP contribution in [0.3, 0.4) is 0 Å². The number of rotatable bonds is 6. The van der Waals surface area contributed by atoms with Gasteiger partial charge in [0, 0.05) is 18.7 Å². The Kier molecular flexibility index (Phi) is 5.52. The minimum Gasteiger partial charge on any atom is -0.462 e. The van der Waals surface area contributed by atoms with Crippen molar-refractivity contribution in [2.24, 2.45) is 0 Å². The van der Waals surface area contributed by atoms with E-state index < -0.39 is 5.97 Å². The number of anilines is 1. The van der Waals surface area contributed by atoms with Crippen molar-refractivity contribution in [2.45, 2.75) is 25.9 Å². The van der Waals surface area contributed by atoms with E-state index in [9.17, 15) is 9.59 Å². The Balaban J connectivity index is 1.67. The fourth-order valence-electron chi connectivity index (χ4n) is 2.80. The van der Waals surface area contributed by atoms with Gasteiger partial charge in [-0.05, 0) is 44.0 Å². The molecule has 8 nitrogen and oxygen atoms in total. The molecule has 1 aromatic carbocycles. The third-order valence-electron chi connectivity index (χ3n) is 4.19. The van der Waals surface area contributed by atoms with Crippen molar-refractivity contribution in [3.05, 3.63) is 41.6 Å². The highest BCUT2D eigenvalue weighted by atomic mass is 16.5. The standard InChI is InChI=1S/C18H22N4O4/c1-2-25-18(24)15-11-21-22(16(15)19)13-7-5-12(6-8-13)17(23)20-10-14-4-3-9-26-14/h5-8,11,14H,2-4,9-10,19H2,1H3,(H,20,23)/t14-/m0/s1. The molecule has 1 aromatic heterocycles. The van der Waals surface area contributed by atoms with Crippen LogP contribution in [0.25, 0.3) is 5.69 Å². The molecular formula is C18H22N4O4. The van der Waals surface area contributed by atoms with E-state index in [4.69, 9.17) is 15.2 Å². The molecule has 1 amide bonds. The van der Waals surface area contributed by atoms with Crippen LogP contribution in [0.4, 0.5) is 5.82 Å². The number of carbonyl (C=O) groups excluding carboxylic acids is 2. The average Bonchev–Trinajstić information content (AvgIpc) is 3.29. The van der Waals surface area contributed by atoms with E-state index in [1.807, 2.05) is 0 Å². The minimum absolute atomic E-state index is 0.100. The lowest BCUT2D eigenvalue weighted by atomic mass is 10.2. The van der Waals surface area contributed by atoms with Gasteiger partial charge in [0.05, 0.1) is 24.6 Å². The SMILES string of the molecule is CCOC(=O)c1cnn(-c2ccc(C(=O)NC[C@@H]3CCCO3)cc2)c1N. The average molecular weight is 358 g/mol. The normalized spacial score (nSPS) is 16.4. The molecule has 2 aromatic rings. The van der Waals surface area contributed by atoms with E-state index >= 15 is 0 Å². The predicted molar refractivity (Wildman–Crippen MR) is 95.2 cm³/mol. The summed E-state index contributed by atoms with van der Waals surface area (Å²) in [6.45, 7) is 3.25. The van der Waals surface area contributed by atoms with E-state index in [1.54, 1.807) is 31.2 Å². The van der Waals surface area contributed by atoms with Crippen LogP contribution in [-0.2, 0) is 9.47 Å². The molecule has 1 atom stereocenters. The van der Waals surface area contributed by atoms with Gasteiger partial charge in [0.2, 0.25) is 0 Å². The molecular weight excluding hydrogens is 336 g/mol. The molecule has 2 heterocycles. The van der Waals surface area contributed by atoms with Crippen LogP contribution in [0.15, 0.2) is 30.5 Å². The molecule has 0 radical (unpaired) electrons. The van der Waals surface area contributed by atoms with E-state index in [0.717, 1.165) is 19.4 Å². The number of hydrogen-bond acceptors (Lipinski definition) is 6. The van der Waals surface area contributed by atoms with Crippen molar-refractivity contribution in [1.29, 1.82) is 0 Å². The number of nitrogens with two attached hydrogens (primary N) is 1. The molecule has 138 valence electrons. The fourth-order valence-corrected chi connectivity index (χ4v) is 2.80. The summed E-state index contributed by atoms with van der Waals surface area (Å²) in [5.74, 6) is -0.479. The Bertz CT molecular complexity index is 779. The number of hydrogen-bond donors (Lipinski definition) is 2. The topological polar surface area (TPSA) is 108 Å². The number of ether oxygens (including phenoxy) is 2. The summed E-state index contributed by atoms with van der Waals surface area (Å²) in [4.78, 5) is 24.0. The van der Waals surface area contributed by atoms with Crippen molar-refractivity contribution >= 4 is 17.7 Å². The molecule has 1 aliphatic rings. The molecule has 1 fully saturated rings. The smallest absolute Gasteiger partial charge is 0.343 e. The Morgan fingerprint density at radius 1 is 1.38 bits per heavy atom. The largest absolute Gasteiger partial charge is 0.462 e. The van der Waals surface area contributed by atoms with Crippen LogP contribution in [0, 0.1) is 0 Å². The first-order valence-electron chi connectivity index (χ1n) is 8.61. The van der Waals surface area contributed by atoms with Crippen molar-refractivity contribution in [2.75, 3.05) is 25.5 Å². The highest BCUT2D eigenvalue weighted by molar-refractivity contribution is 5.95. The number of aromatic nitrogens is 2. The zero-order chi connectivity index (χ0) is 18.5. The maximum atomic E-state index is 12.2. The number of nitrogens with zero attached hydrogens (tertiary/aromatic N) is 2. The first-order chi connectivity index (χ1) is 12.6. The van der Waals surface area contributed by atoms with Crippen LogP contribution in [0.5, 0.6) is 0 Å². The van der Waals surface area contributed by atoms with Gasteiger partial charge in [-0.25, -0.2) is 9.48 Å². The summed E-state index contributed by atoms with van der Waals surface area (Å²) in [5, 5.41) is 7.00. The highest BCUT2D eigenvalue weighted by Crippen LogP contribution is 2.18. The molecule has 1 aliphatic heterocycles. The molecule has 3 N–H and O–H groups in total. The lowest BCUT2D eigenvalue weighted by Crippen LogP contribution is -2.31. The summed E-state index contributed by atoms with van der Waals surface area (Å²) < 4.78 is 11.9. The first-order valence-corrected chi connectivity index (χ1v) is 8.61. The van der Waals surface area contributed by atoms with Crippen molar-refractivity contribution in [1.82, 2.24) is 15.1 Å². The quantitative estimate of drug-likeness (QED) is 0.758. The van der Waals surface area contributed by atoms with Gasteiger partial charge in [0.1, 0.15) is 11.4 Å². The third kappa shape index (κ3) is 3.85. The molecule has 3 rings (SSSR count). The van der Waals surface area contributed by atoms with E-state index in [0.29, 0.717) is 17.8 Å². The Morgan fingerprint density at radius 2 is 2.15 bits per heavy atom. The predicted octanol–water partition coefficient (Wildman–Crippen LogP) is 1.54. The van der Waals surface area contributed by atoms with Gasteiger partial charge in [-0.1, -0.05) is 0 Å². The molecule has 0 bridgehead atoms. The number of nitrogen functional groups attached to an aromatic ring is 1. The molecule has 0 aliphatic carbocycles. The molecule has 0 spiro atoms. The van der Waals surface area contributed by atoms with Crippen molar-refractivity contribution in [3.8, 4) is 5.69 Å². The first kappa shape index (κ1) is 17.9. The van der Waals surface area contributed by atoms with Crippen molar-refractivity contribution < 1.29 is 19.1 Å². The van der Waals surface area contributed by atoms with E-state index in [-0.39, 0.29) is 30.0 Å². The van der Waals surface area contributed by atoms with Crippen LogP contribution in [-0.4, -0.2) is 47.5 Å². The summed E-state index contributed by atoms with van der Waals surface area (Å²) in [7, 11) is 0. The fraction of sp³-hybridized carbons (Fsp3) is 0.389. The van der Waals surface area contributed by atoms with E-state index in [2.05, 4.69) is 10.4 Å². The molecule has 8 heteroatoms. The number of benzene rings is 1. The second-order valence-electron chi connectivity index (χ2n) is 5.97. The van der Waals surface area contributed by atoms with Crippen molar-refractivity contribution in [3.63, 3.8) is 0 Å². The highest BCUT2D eigenvalue weighted by Gasteiger charge is 2.18. The molecule has 26 heavy (non-hydrogen) atoms. The molecule has 0 unspecified atom stereocenters. The van der Waals surface area contributed by atoms with Gasteiger partial charge in [-0.15, -0.1) is 0 Å². The van der Waals surface area contributed by atoms with Gasteiger partial charge < -0.3 is 20.5 Å². The summed E-state index contributed by atoms with van der Waals surface area (Å²) in [5.41, 5.74) is 7.38. The third-order valence-corrected chi connectivity index (χ3v) is 4.19. The zero-order valence-corrected chi connectivity index (χ0v) is 14.6. The van der Waals surface area contributed by atoms with Gasteiger partial charge in [0.15, 0.2) is 0 Å². The summed E-state index contributed by atoms with van der Waals surface area (Å²) in [6, 6.07) is 6.81. The maximum Gasteiger partial charge on any atom is 0.343 e. The zero-order valence-electron chi connectivity index (χ0n) is 14.6. The number of carbonyl (C=O) groups is 2. The van der Waals surface area contributed by atoms with Gasteiger partial charge in [-0.3, -0.25) is 4.79 Å². The van der Waals surface area contributed by atoms with Gasteiger partial charge in [-0.2, -0.15) is 5.10 Å². The van der Waals surface area contributed by atoms with Crippen LogP contribution in [0.2, 0.25) is 0 Å². The summed E-state index contributed by atoms with van der Waals surface area (Å²) >= 11 is 0. The lowest BCUT2D eigenvalue weighted by Gasteiger charge is -2.11. The number of amides is 1. The van der Waals surface area contributed by atoms with Crippen LogP contribution in [0.1, 0.15) is 40.5 Å².